The Hall–Kier alpha value is -2.01. The largest absolute Gasteiger partial charge is 0.480 e. The Kier molecular flexibility index (Phi) is 4.53. The highest BCUT2D eigenvalue weighted by Gasteiger charge is 2.17. The summed E-state index contributed by atoms with van der Waals surface area (Å²) in [5.74, 6) is -0.880. The zero-order valence-electron chi connectivity index (χ0n) is 12.3. The minimum Gasteiger partial charge on any atom is -0.480 e. The second-order valence-corrected chi connectivity index (χ2v) is 5.44. The highest BCUT2D eigenvalue weighted by molar-refractivity contribution is 6.30. The third-order valence-electron chi connectivity index (χ3n) is 3.51. The van der Waals surface area contributed by atoms with Crippen LogP contribution in [0.4, 0.5) is 5.69 Å². The van der Waals surface area contributed by atoms with Crippen LogP contribution in [0.1, 0.15) is 17.0 Å². The average molecular weight is 308 g/mol. The molecule has 21 heavy (non-hydrogen) atoms. The fourth-order valence-electron chi connectivity index (χ4n) is 2.31. The molecule has 2 aromatic rings. The van der Waals surface area contributed by atoms with Crippen LogP contribution < -0.4 is 4.90 Å². The van der Waals surface area contributed by atoms with Crippen molar-refractivity contribution in [2.75, 3.05) is 11.4 Å². The van der Waals surface area contributed by atoms with Gasteiger partial charge in [0.1, 0.15) is 6.54 Å². The SMILES string of the molecule is Cc1nn(C)c(C)c1CN(CC(=O)O)c1cccc(Cl)c1. The molecule has 0 saturated heterocycles. The number of aryl methyl sites for hydroxylation is 2. The summed E-state index contributed by atoms with van der Waals surface area (Å²) in [5, 5.41) is 14.1. The van der Waals surface area contributed by atoms with E-state index in [0.717, 1.165) is 22.6 Å². The smallest absolute Gasteiger partial charge is 0.323 e. The third kappa shape index (κ3) is 3.55. The van der Waals surface area contributed by atoms with Crippen LogP contribution >= 0.6 is 11.6 Å². The molecule has 6 heteroatoms. The lowest BCUT2D eigenvalue weighted by molar-refractivity contribution is -0.135. The number of anilines is 1. The van der Waals surface area contributed by atoms with Crippen molar-refractivity contribution in [3.05, 3.63) is 46.2 Å². The van der Waals surface area contributed by atoms with E-state index in [-0.39, 0.29) is 6.54 Å². The van der Waals surface area contributed by atoms with Crippen molar-refractivity contribution in [2.45, 2.75) is 20.4 Å². The van der Waals surface area contributed by atoms with Gasteiger partial charge >= 0.3 is 5.97 Å². The molecular weight excluding hydrogens is 290 g/mol. The Labute approximate surface area is 128 Å². The Bertz CT molecular complexity index is 667. The van der Waals surface area contributed by atoms with Crippen LogP contribution in [0.2, 0.25) is 5.02 Å². The van der Waals surface area contributed by atoms with Crippen LogP contribution in [0.15, 0.2) is 24.3 Å². The minimum absolute atomic E-state index is 0.0892. The molecule has 1 aromatic carbocycles. The molecule has 0 aliphatic rings. The number of hydrogen-bond acceptors (Lipinski definition) is 3. The van der Waals surface area contributed by atoms with Gasteiger partial charge in [-0.1, -0.05) is 17.7 Å². The summed E-state index contributed by atoms with van der Waals surface area (Å²) in [7, 11) is 1.88. The Morgan fingerprint density at radius 2 is 2.14 bits per heavy atom. The number of aromatic nitrogens is 2. The quantitative estimate of drug-likeness (QED) is 0.923. The van der Waals surface area contributed by atoms with E-state index in [1.807, 2.05) is 37.7 Å². The van der Waals surface area contributed by atoms with Gasteiger partial charge in [-0.15, -0.1) is 0 Å². The van der Waals surface area contributed by atoms with Gasteiger partial charge in [0.2, 0.25) is 0 Å². The van der Waals surface area contributed by atoms with Crippen molar-refractivity contribution in [3.63, 3.8) is 0 Å². The molecule has 0 amide bonds. The van der Waals surface area contributed by atoms with Crippen LogP contribution in [-0.2, 0) is 18.4 Å². The monoisotopic (exact) mass is 307 g/mol. The fourth-order valence-corrected chi connectivity index (χ4v) is 2.50. The lowest BCUT2D eigenvalue weighted by Gasteiger charge is -2.23. The lowest BCUT2D eigenvalue weighted by atomic mass is 10.1. The minimum atomic E-state index is -0.880. The summed E-state index contributed by atoms with van der Waals surface area (Å²) in [4.78, 5) is 12.9. The molecule has 0 saturated carbocycles. The predicted molar refractivity (Wildman–Crippen MR) is 82.8 cm³/mol. The van der Waals surface area contributed by atoms with Gasteiger partial charge in [-0.3, -0.25) is 9.48 Å². The van der Waals surface area contributed by atoms with E-state index < -0.39 is 5.97 Å². The van der Waals surface area contributed by atoms with Crippen molar-refractivity contribution in [1.82, 2.24) is 9.78 Å². The van der Waals surface area contributed by atoms with Crippen LogP contribution in [-0.4, -0.2) is 27.4 Å². The second kappa shape index (κ2) is 6.18. The summed E-state index contributed by atoms with van der Waals surface area (Å²) >= 11 is 6.00. The van der Waals surface area contributed by atoms with Crippen LogP contribution in [0, 0.1) is 13.8 Å². The molecule has 0 aliphatic carbocycles. The summed E-state index contributed by atoms with van der Waals surface area (Å²) in [5.41, 5.74) is 3.77. The molecule has 0 radical (unpaired) electrons. The van der Waals surface area contributed by atoms with Crippen LogP contribution in [0.25, 0.3) is 0 Å². The molecule has 0 unspecified atom stereocenters. The molecule has 0 spiro atoms. The van der Waals surface area contributed by atoms with Gasteiger partial charge in [0.15, 0.2) is 0 Å². The molecule has 0 bridgehead atoms. The van der Waals surface area contributed by atoms with Crippen molar-refractivity contribution < 1.29 is 9.90 Å². The highest BCUT2D eigenvalue weighted by Crippen LogP contribution is 2.23. The number of carboxylic acid groups (broad SMARTS) is 1. The Morgan fingerprint density at radius 3 is 2.67 bits per heavy atom. The van der Waals surface area contributed by atoms with Gasteiger partial charge in [-0.25, -0.2) is 0 Å². The number of halogens is 1. The normalized spacial score (nSPS) is 10.7. The number of rotatable bonds is 5. The maximum absolute atomic E-state index is 11.1. The van der Waals surface area contributed by atoms with Crippen molar-refractivity contribution in [2.24, 2.45) is 7.05 Å². The van der Waals surface area contributed by atoms with E-state index in [1.165, 1.54) is 0 Å². The number of carboxylic acids is 1. The summed E-state index contributed by atoms with van der Waals surface area (Å²) in [6.45, 7) is 4.30. The van der Waals surface area contributed by atoms with Gasteiger partial charge in [0, 0.05) is 35.6 Å². The molecule has 1 heterocycles. The fraction of sp³-hybridized carbons (Fsp3) is 0.333. The zero-order chi connectivity index (χ0) is 15.6. The van der Waals surface area contributed by atoms with E-state index in [2.05, 4.69) is 5.10 Å². The number of benzene rings is 1. The maximum atomic E-state index is 11.1. The third-order valence-corrected chi connectivity index (χ3v) is 3.74. The second-order valence-electron chi connectivity index (χ2n) is 5.00. The molecule has 1 N–H and O–H groups in total. The van der Waals surface area contributed by atoms with Gasteiger partial charge in [-0.05, 0) is 32.0 Å². The van der Waals surface area contributed by atoms with E-state index in [1.54, 1.807) is 17.0 Å². The average Bonchev–Trinajstić information content (AvgIpc) is 2.64. The number of hydrogen-bond donors (Lipinski definition) is 1. The summed E-state index contributed by atoms with van der Waals surface area (Å²) in [6, 6.07) is 7.21. The molecule has 0 fully saturated rings. The molecule has 112 valence electrons. The van der Waals surface area contributed by atoms with Crippen molar-refractivity contribution in [1.29, 1.82) is 0 Å². The topological polar surface area (TPSA) is 58.4 Å². The van der Waals surface area contributed by atoms with Crippen LogP contribution in [0.3, 0.4) is 0 Å². The standard InChI is InChI=1S/C15H18ClN3O2/c1-10-14(11(2)18(3)17-10)8-19(9-15(20)21)13-6-4-5-12(16)7-13/h4-7H,8-9H2,1-3H3,(H,20,21). The predicted octanol–water partition coefficient (Wildman–Crippen LogP) is 2.78. The highest BCUT2D eigenvalue weighted by atomic mass is 35.5. The molecule has 0 aliphatic heterocycles. The van der Waals surface area contributed by atoms with E-state index in [4.69, 9.17) is 16.7 Å². The van der Waals surface area contributed by atoms with Gasteiger partial charge in [0.25, 0.3) is 0 Å². The molecule has 5 nitrogen and oxygen atoms in total. The van der Waals surface area contributed by atoms with Crippen molar-refractivity contribution >= 4 is 23.3 Å². The van der Waals surface area contributed by atoms with Gasteiger partial charge in [0.05, 0.1) is 5.69 Å². The number of carbonyl (C=O) groups is 1. The first-order valence-electron chi connectivity index (χ1n) is 6.60. The number of nitrogens with zero attached hydrogens (tertiary/aromatic N) is 3. The maximum Gasteiger partial charge on any atom is 0.323 e. The molecule has 1 aromatic heterocycles. The first-order valence-corrected chi connectivity index (χ1v) is 6.97. The Morgan fingerprint density at radius 1 is 1.43 bits per heavy atom. The first-order chi connectivity index (χ1) is 9.88. The first kappa shape index (κ1) is 15.4. The number of aliphatic carboxylic acids is 1. The van der Waals surface area contributed by atoms with Gasteiger partial charge in [-0.2, -0.15) is 5.10 Å². The molecular formula is C15H18ClN3O2. The van der Waals surface area contributed by atoms with E-state index >= 15 is 0 Å². The van der Waals surface area contributed by atoms with E-state index in [0.29, 0.717) is 11.6 Å². The zero-order valence-corrected chi connectivity index (χ0v) is 13.1. The van der Waals surface area contributed by atoms with E-state index in [9.17, 15) is 4.79 Å². The summed E-state index contributed by atoms with van der Waals surface area (Å²) in [6.07, 6.45) is 0. The van der Waals surface area contributed by atoms with Crippen LogP contribution in [0.5, 0.6) is 0 Å². The molecule has 2 rings (SSSR count). The molecule has 0 atom stereocenters. The van der Waals surface area contributed by atoms with Gasteiger partial charge < -0.3 is 10.0 Å². The summed E-state index contributed by atoms with van der Waals surface area (Å²) < 4.78 is 1.81. The van der Waals surface area contributed by atoms with Crippen molar-refractivity contribution in [3.8, 4) is 0 Å². The lowest BCUT2D eigenvalue weighted by Crippen LogP contribution is -2.29. The Balaban J connectivity index is 2.35.